The van der Waals surface area contributed by atoms with E-state index in [2.05, 4.69) is 5.32 Å². The van der Waals surface area contributed by atoms with Crippen LogP contribution in [0.15, 0.2) is 29.6 Å². The Morgan fingerprint density at radius 2 is 2.26 bits per heavy atom. The molecule has 7 heteroatoms. The van der Waals surface area contributed by atoms with Gasteiger partial charge in [-0.25, -0.2) is 0 Å². The van der Waals surface area contributed by atoms with Crippen LogP contribution in [-0.4, -0.2) is 4.92 Å². The Kier molecular flexibility index (Phi) is 3.73. The van der Waals surface area contributed by atoms with Crippen molar-refractivity contribution >= 4 is 22.7 Å². The molecule has 5 nitrogen and oxygen atoms in total. The van der Waals surface area contributed by atoms with Crippen molar-refractivity contribution in [3.05, 3.63) is 56.0 Å². The number of nitro benzene ring substituents is 1. The third-order valence-corrected chi connectivity index (χ3v) is 3.33. The van der Waals surface area contributed by atoms with Crippen molar-refractivity contribution in [1.82, 2.24) is 0 Å². The maximum absolute atomic E-state index is 13.1. The summed E-state index contributed by atoms with van der Waals surface area (Å²) in [5.41, 5.74) is 0.473. The lowest BCUT2D eigenvalue weighted by Gasteiger charge is -2.04. The van der Waals surface area contributed by atoms with Crippen molar-refractivity contribution in [1.29, 1.82) is 5.26 Å². The first-order valence-electron chi connectivity index (χ1n) is 5.25. The molecule has 0 saturated heterocycles. The fraction of sp³-hybridized carbons (Fsp3) is 0.0833. The monoisotopic (exact) mass is 277 g/mol. The number of nitriles is 1. The van der Waals surface area contributed by atoms with Gasteiger partial charge in [0.2, 0.25) is 5.82 Å². The Morgan fingerprint density at radius 3 is 2.89 bits per heavy atom. The van der Waals surface area contributed by atoms with Crippen molar-refractivity contribution in [3.8, 4) is 6.07 Å². The van der Waals surface area contributed by atoms with Crippen LogP contribution in [0.4, 0.5) is 15.8 Å². The molecular weight excluding hydrogens is 269 g/mol. The van der Waals surface area contributed by atoms with Gasteiger partial charge in [0.1, 0.15) is 6.07 Å². The van der Waals surface area contributed by atoms with Gasteiger partial charge in [0.15, 0.2) is 0 Å². The van der Waals surface area contributed by atoms with Crippen LogP contribution < -0.4 is 5.32 Å². The van der Waals surface area contributed by atoms with Gasteiger partial charge >= 0.3 is 5.69 Å². The van der Waals surface area contributed by atoms with Crippen LogP contribution in [0.2, 0.25) is 0 Å². The summed E-state index contributed by atoms with van der Waals surface area (Å²) in [7, 11) is 0. The predicted octanol–water partition coefficient (Wildman–Crippen LogP) is 3.28. The average Bonchev–Trinajstić information content (AvgIpc) is 2.85. The molecule has 2 rings (SSSR count). The minimum absolute atomic E-state index is 0.426. The molecule has 19 heavy (non-hydrogen) atoms. The summed E-state index contributed by atoms with van der Waals surface area (Å²) in [6.07, 6.45) is 0. The summed E-state index contributed by atoms with van der Waals surface area (Å²) in [6, 6.07) is 7.38. The quantitative estimate of drug-likeness (QED) is 0.687. The lowest BCUT2D eigenvalue weighted by atomic mass is 10.2. The molecule has 0 aliphatic carbocycles. The molecular formula is C12H8FN3O2S. The van der Waals surface area contributed by atoms with Crippen molar-refractivity contribution in [2.24, 2.45) is 0 Å². The maximum Gasteiger partial charge on any atom is 0.306 e. The van der Waals surface area contributed by atoms with E-state index in [1.54, 1.807) is 11.4 Å². The van der Waals surface area contributed by atoms with Crippen LogP contribution in [0.1, 0.15) is 10.4 Å². The third-order valence-electron chi connectivity index (χ3n) is 2.39. The first-order chi connectivity index (χ1) is 9.10. The van der Waals surface area contributed by atoms with E-state index in [1.807, 2.05) is 6.07 Å². The van der Waals surface area contributed by atoms with E-state index in [-0.39, 0.29) is 0 Å². The second-order valence-corrected chi connectivity index (χ2v) is 4.69. The smallest absolute Gasteiger partial charge is 0.306 e. The second-order valence-electron chi connectivity index (χ2n) is 3.69. The zero-order valence-electron chi connectivity index (χ0n) is 9.59. The number of nitro groups is 1. The summed E-state index contributed by atoms with van der Waals surface area (Å²) >= 11 is 1.41. The van der Waals surface area contributed by atoms with Crippen LogP contribution in [0, 0.1) is 27.3 Å². The number of thiophene rings is 1. The van der Waals surface area contributed by atoms with E-state index in [1.165, 1.54) is 17.4 Å². The van der Waals surface area contributed by atoms with Gasteiger partial charge in [0, 0.05) is 28.6 Å². The summed E-state index contributed by atoms with van der Waals surface area (Å²) in [6.45, 7) is 0.426. The number of nitrogens with zero attached hydrogens (tertiary/aromatic N) is 2. The van der Waals surface area contributed by atoms with Gasteiger partial charge in [0.05, 0.1) is 10.5 Å². The molecule has 0 atom stereocenters. The van der Waals surface area contributed by atoms with Crippen LogP contribution in [0.5, 0.6) is 0 Å². The Hall–Kier alpha value is -2.46. The van der Waals surface area contributed by atoms with E-state index < -0.39 is 16.4 Å². The van der Waals surface area contributed by atoms with Crippen molar-refractivity contribution < 1.29 is 9.31 Å². The van der Waals surface area contributed by atoms with E-state index in [9.17, 15) is 14.5 Å². The van der Waals surface area contributed by atoms with E-state index >= 15 is 0 Å². The molecule has 0 amide bonds. The highest BCUT2D eigenvalue weighted by Gasteiger charge is 2.14. The van der Waals surface area contributed by atoms with E-state index in [4.69, 9.17) is 5.26 Å². The molecule has 1 aromatic heterocycles. The maximum atomic E-state index is 13.1. The first kappa shape index (κ1) is 13.0. The summed E-state index contributed by atoms with van der Waals surface area (Å²) in [5, 5.41) is 24.0. The molecule has 0 unspecified atom stereocenters. The van der Waals surface area contributed by atoms with Crippen molar-refractivity contribution in [2.75, 3.05) is 5.32 Å². The highest BCUT2D eigenvalue weighted by Crippen LogP contribution is 2.23. The molecule has 96 valence electrons. The Morgan fingerprint density at radius 1 is 1.47 bits per heavy atom. The van der Waals surface area contributed by atoms with E-state index in [0.717, 1.165) is 17.0 Å². The summed E-state index contributed by atoms with van der Waals surface area (Å²) in [5.74, 6) is -0.863. The minimum Gasteiger partial charge on any atom is -0.380 e. The van der Waals surface area contributed by atoms with Gasteiger partial charge in [-0.05, 0) is 18.2 Å². The molecule has 1 aromatic carbocycles. The Bertz CT molecular complexity index is 663. The SMILES string of the molecule is N#Cc1csc(CNc2ccc(F)c([N+](=O)[O-])c2)c1. The van der Waals surface area contributed by atoms with E-state index in [0.29, 0.717) is 17.8 Å². The number of hydrogen-bond acceptors (Lipinski definition) is 5. The number of rotatable bonds is 4. The summed E-state index contributed by atoms with van der Waals surface area (Å²) < 4.78 is 13.1. The number of nitrogens with one attached hydrogen (secondary N) is 1. The molecule has 1 heterocycles. The van der Waals surface area contributed by atoms with Crippen LogP contribution >= 0.6 is 11.3 Å². The number of anilines is 1. The van der Waals surface area contributed by atoms with Gasteiger partial charge in [-0.2, -0.15) is 9.65 Å². The lowest BCUT2D eigenvalue weighted by Crippen LogP contribution is -1.99. The van der Waals surface area contributed by atoms with Crippen LogP contribution in [0.25, 0.3) is 0 Å². The first-order valence-corrected chi connectivity index (χ1v) is 6.13. The molecule has 0 fully saturated rings. The molecule has 2 aromatic rings. The molecule has 0 aliphatic rings. The largest absolute Gasteiger partial charge is 0.380 e. The molecule has 0 radical (unpaired) electrons. The minimum atomic E-state index is -0.863. The summed E-state index contributed by atoms with van der Waals surface area (Å²) in [4.78, 5) is 10.7. The fourth-order valence-corrected chi connectivity index (χ4v) is 2.23. The zero-order chi connectivity index (χ0) is 13.8. The Balaban J connectivity index is 2.09. The van der Waals surface area contributed by atoms with Gasteiger partial charge in [-0.3, -0.25) is 10.1 Å². The molecule has 0 bridgehead atoms. The second kappa shape index (κ2) is 5.46. The van der Waals surface area contributed by atoms with Crippen molar-refractivity contribution in [2.45, 2.75) is 6.54 Å². The number of hydrogen-bond donors (Lipinski definition) is 1. The van der Waals surface area contributed by atoms with Gasteiger partial charge in [-0.15, -0.1) is 11.3 Å². The predicted molar refractivity (Wildman–Crippen MR) is 69.4 cm³/mol. The van der Waals surface area contributed by atoms with Crippen LogP contribution in [0.3, 0.4) is 0 Å². The molecule has 0 aliphatic heterocycles. The van der Waals surface area contributed by atoms with Crippen molar-refractivity contribution in [3.63, 3.8) is 0 Å². The standard InChI is InChI=1S/C12H8FN3O2S/c13-11-2-1-9(4-12(11)16(17)18)15-6-10-3-8(5-14)7-19-10/h1-4,7,15H,6H2. The fourth-order valence-electron chi connectivity index (χ4n) is 1.48. The average molecular weight is 277 g/mol. The Labute approximate surface area is 112 Å². The van der Waals surface area contributed by atoms with Gasteiger partial charge in [-0.1, -0.05) is 0 Å². The number of halogens is 1. The third kappa shape index (κ3) is 3.05. The topological polar surface area (TPSA) is 79.0 Å². The van der Waals surface area contributed by atoms with Gasteiger partial charge < -0.3 is 5.32 Å². The number of benzene rings is 1. The molecule has 1 N–H and O–H groups in total. The molecule has 0 saturated carbocycles. The lowest BCUT2D eigenvalue weighted by molar-refractivity contribution is -0.387. The van der Waals surface area contributed by atoms with Gasteiger partial charge in [0.25, 0.3) is 0 Å². The van der Waals surface area contributed by atoms with Crippen LogP contribution in [-0.2, 0) is 6.54 Å². The molecule has 0 spiro atoms. The highest BCUT2D eigenvalue weighted by molar-refractivity contribution is 7.10. The normalized spacial score (nSPS) is 9.89. The zero-order valence-corrected chi connectivity index (χ0v) is 10.4. The highest BCUT2D eigenvalue weighted by atomic mass is 32.1.